The van der Waals surface area contributed by atoms with Crippen molar-refractivity contribution in [3.05, 3.63) is 64.7 Å². The second-order valence-electron chi connectivity index (χ2n) is 8.31. The first-order chi connectivity index (χ1) is 14.2. The molecule has 0 unspecified atom stereocenters. The van der Waals surface area contributed by atoms with Gasteiger partial charge in [0.25, 0.3) is 0 Å². The Morgan fingerprint density at radius 3 is 2.76 bits per heavy atom. The Morgan fingerprint density at radius 2 is 1.90 bits per heavy atom. The van der Waals surface area contributed by atoms with Gasteiger partial charge in [0.2, 0.25) is 5.91 Å². The normalized spacial score (nSPS) is 21.1. The summed E-state index contributed by atoms with van der Waals surface area (Å²) in [6, 6.07) is 16.8. The second kappa shape index (κ2) is 7.88. The third-order valence-corrected chi connectivity index (χ3v) is 7.66. The summed E-state index contributed by atoms with van der Waals surface area (Å²) in [5.74, 6) is 0.697. The zero-order valence-corrected chi connectivity index (χ0v) is 17.7. The largest absolute Gasteiger partial charge is 0.337 e. The third kappa shape index (κ3) is 3.69. The number of benzene rings is 2. The maximum Gasteiger partial charge on any atom is 0.239 e. The molecule has 0 N–H and O–H groups in total. The molecule has 1 saturated heterocycles. The molecule has 4 nitrogen and oxygen atoms in total. The minimum absolute atomic E-state index is 0.0718. The zero-order chi connectivity index (χ0) is 19.8. The highest BCUT2D eigenvalue weighted by Crippen LogP contribution is 2.33. The molecule has 0 radical (unpaired) electrons. The molecule has 2 atom stereocenters. The molecule has 29 heavy (non-hydrogen) atoms. The van der Waals surface area contributed by atoms with E-state index in [9.17, 15) is 4.79 Å². The van der Waals surface area contributed by atoms with Crippen molar-refractivity contribution < 1.29 is 4.79 Å². The van der Waals surface area contributed by atoms with E-state index in [1.165, 1.54) is 20.8 Å². The highest BCUT2D eigenvalue weighted by Gasteiger charge is 2.32. The second-order valence-corrected chi connectivity index (χ2v) is 9.37. The lowest BCUT2D eigenvalue weighted by molar-refractivity contribution is -0.137. The molecule has 3 aromatic rings. The van der Waals surface area contributed by atoms with Crippen LogP contribution in [0.4, 0.5) is 0 Å². The summed E-state index contributed by atoms with van der Waals surface area (Å²) < 4.78 is 1.26. The fraction of sp³-hybridized carbons (Fsp3) is 0.417. The maximum atomic E-state index is 13.3. The fourth-order valence-electron chi connectivity index (χ4n) is 4.73. The quantitative estimate of drug-likeness (QED) is 0.646. The Bertz CT molecular complexity index is 997. The van der Waals surface area contributed by atoms with Gasteiger partial charge in [0.1, 0.15) is 0 Å². The van der Waals surface area contributed by atoms with Crippen molar-refractivity contribution in [1.29, 1.82) is 0 Å². The van der Waals surface area contributed by atoms with E-state index in [4.69, 9.17) is 4.98 Å². The molecule has 0 saturated carbocycles. The van der Waals surface area contributed by atoms with Gasteiger partial charge in [-0.05, 0) is 56.0 Å². The molecule has 5 rings (SSSR count). The number of hydrogen-bond acceptors (Lipinski definition) is 4. The smallest absolute Gasteiger partial charge is 0.239 e. The Morgan fingerprint density at radius 1 is 1.10 bits per heavy atom. The number of piperidine rings is 1. The van der Waals surface area contributed by atoms with Crippen molar-refractivity contribution in [3.8, 4) is 0 Å². The topological polar surface area (TPSA) is 36.4 Å². The van der Waals surface area contributed by atoms with Crippen molar-refractivity contribution in [2.75, 3.05) is 19.6 Å². The summed E-state index contributed by atoms with van der Waals surface area (Å²) >= 11 is 1.81. The molecule has 2 aliphatic rings. The Hall–Kier alpha value is -2.24. The minimum Gasteiger partial charge on any atom is -0.337 e. The van der Waals surface area contributed by atoms with Crippen LogP contribution in [0.1, 0.15) is 41.8 Å². The van der Waals surface area contributed by atoms with Crippen LogP contribution in [-0.2, 0) is 17.8 Å². The van der Waals surface area contributed by atoms with Crippen LogP contribution in [0.5, 0.6) is 0 Å². The van der Waals surface area contributed by atoms with E-state index < -0.39 is 0 Å². The number of likely N-dealkylation sites (tertiary alicyclic amines) is 1. The van der Waals surface area contributed by atoms with Gasteiger partial charge < -0.3 is 4.90 Å². The number of thiazole rings is 1. The van der Waals surface area contributed by atoms with Gasteiger partial charge in [0, 0.05) is 25.6 Å². The first-order valence-corrected chi connectivity index (χ1v) is 11.5. The molecular weight excluding hydrogens is 378 g/mol. The van der Waals surface area contributed by atoms with Crippen LogP contribution in [0.25, 0.3) is 10.2 Å². The number of aromatic nitrogens is 1. The van der Waals surface area contributed by atoms with Gasteiger partial charge in [0.05, 0.1) is 21.3 Å². The predicted octanol–water partition coefficient (Wildman–Crippen LogP) is 4.45. The van der Waals surface area contributed by atoms with E-state index in [1.807, 2.05) is 16.2 Å². The van der Waals surface area contributed by atoms with E-state index in [2.05, 4.69) is 60.4 Å². The van der Waals surface area contributed by atoms with Crippen LogP contribution in [-0.4, -0.2) is 46.4 Å². The monoisotopic (exact) mass is 405 g/mol. The molecule has 0 bridgehead atoms. The predicted molar refractivity (Wildman–Crippen MR) is 118 cm³/mol. The van der Waals surface area contributed by atoms with Crippen LogP contribution in [0, 0.1) is 0 Å². The molecule has 5 heteroatoms. The highest BCUT2D eigenvalue weighted by molar-refractivity contribution is 7.18. The number of rotatable bonds is 3. The van der Waals surface area contributed by atoms with Crippen molar-refractivity contribution >= 4 is 27.5 Å². The van der Waals surface area contributed by atoms with Gasteiger partial charge in [-0.1, -0.05) is 36.4 Å². The van der Waals surface area contributed by atoms with E-state index >= 15 is 0 Å². The van der Waals surface area contributed by atoms with Gasteiger partial charge in [0.15, 0.2) is 0 Å². The van der Waals surface area contributed by atoms with Crippen molar-refractivity contribution in [2.24, 2.45) is 0 Å². The summed E-state index contributed by atoms with van der Waals surface area (Å²) in [5.41, 5.74) is 3.78. The molecule has 150 valence electrons. The molecule has 2 aromatic carbocycles. The number of nitrogens with zero attached hydrogens (tertiary/aromatic N) is 3. The summed E-state index contributed by atoms with van der Waals surface area (Å²) in [7, 11) is 0. The van der Waals surface area contributed by atoms with Crippen LogP contribution >= 0.6 is 11.3 Å². The van der Waals surface area contributed by atoms with Gasteiger partial charge in [-0.15, -0.1) is 11.3 Å². The molecular formula is C24H27N3OS. The summed E-state index contributed by atoms with van der Waals surface area (Å²) in [4.78, 5) is 22.6. The Kier molecular flexibility index (Phi) is 5.10. The van der Waals surface area contributed by atoms with Crippen molar-refractivity contribution in [2.45, 2.75) is 44.7 Å². The average Bonchev–Trinajstić information content (AvgIpc) is 3.22. The number of carbonyl (C=O) groups is 1. The lowest BCUT2D eigenvalue weighted by atomic mass is 9.96. The van der Waals surface area contributed by atoms with Gasteiger partial charge in [-0.25, -0.2) is 4.98 Å². The fourth-order valence-corrected chi connectivity index (χ4v) is 5.82. The van der Waals surface area contributed by atoms with Gasteiger partial charge in [-0.2, -0.15) is 0 Å². The number of carbonyl (C=O) groups excluding carboxylic acids is 1. The van der Waals surface area contributed by atoms with Crippen LogP contribution in [0.15, 0.2) is 48.5 Å². The molecule has 1 aromatic heterocycles. The van der Waals surface area contributed by atoms with Crippen molar-refractivity contribution in [1.82, 2.24) is 14.8 Å². The molecule has 2 aliphatic heterocycles. The minimum atomic E-state index is -0.0718. The van der Waals surface area contributed by atoms with Crippen molar-refractivity contribution in [3.63, 3.8) is 0 Å². The Balaban J connectivity index is 1.28. The zero-order valence-electron chi connectivity index (χ0n) is 16.9. The van der Waals surface area contributed by atoms with Crippen LogP contribution in [0.2, 0.25) is 0 Å². The molecule has 3 heterocycles. The molecule has 1 amide bonds. The summed E-state index contributed by atoms with van der Waals surface area (Å²) in [6.07, 6.45) is 3.25. The van der Waals surface area contributed by atoms with Crippen LogP contribution < -0.4 is 0 Å². The van der Waals surface area contributed by atoms with E-state index in [1.54, 1.807) is 0 Å². The number of amides is 1. The first-order valence-electron chi connectivity index (χ1n) is 10.6. The average molecular weight is 406 g/mol. The number of fused-ring (bicyclic) bond motifs is 2. The van der Waals surface area contributed by atoms with E-state index in [0.717, 1.165) is 51.0 Å². The Labute approximate surface area is 176 Å². The van der Waals surface area contributed by atoms with Gasteiger partial charge >= 0.3 is 0 Å². The maximum absolute atomic E-state index is 13.3. The van der Waals surface area contributed by atoms with Crippen LogP contribution in [0.3, 0.4) is 0 Å². The third-order valence-electron chi connectivity index (χ3n) is 6.46. The number of para-hydroxylation sites is 1. The summed E-state index contributed by atoms with van der Waals surface area (Å²) in [6.45, 7) is 5.59. The number of hydrogen-bond donors (Lipinski definition) is 0. The lowest BCUT2D eigenvalue weighted by Crippen LogP contribution is -2.51. The molecule has 0 aliphatic carbocycles. The molecule has 1 fully saturated rings. The first kappa shape index (κ1) is 18.8. The highest BCUT2D eigenvalue weighted by atomic mass is 32.1. The van der Waals surface area contributed by atoms with E-state index in [-0.39, 0.29) is 11.9 Å². The van der Waals surface area contributed by atoms with E-state index in [0.29, 0.717) is 5.92 Å². The lowest BCUT2D eigenvalue weighted by Gasteiger charge is -2.38. The van der Waals surface area contributed by atoms with Gasteiger partial charge in [-0.3, -0.25) is 9.69 Å². The molecule has 0 spiro atoms. The SMILES string of the molecule is C[C@@H](C(=O)N1CCc2ccccc2C1)N1CCC[C@H](c2nc3ccccc3s2)C1. The standard InChI is InChI=1S/C24H27N3OS/c1-17(24(28)27-14-12-18-7-2-3-8-19(18)15-27)26-13-6-9-20(16-26)23-25-21-10-4-5-11-22(21)29-23/h2-5,7-8,10-11,17,20H,6,9,12-16H2,1H3/t17-,20-/m0/s1. The summed E-state index contributed by atoms with van der Waals surface area (Å²) in [5, 5.41) is 1.22.